The van der Waals surface area contributed by atoms with Crippen LogP contribution in [-0.4, -0.2) is 0 Å². The Labute approximate surface area is 114 Å². The van der Waals surface area contributed by atoms with Crippen LogP contribution in [0, 0.1) is 0 Å². The van der Waals surface area contributed by atoms with Crippen LogP contribution < -0.4 is 0 Å². The van der Waals surface area contributed by atoms with E-state index in [-0.39, 0.29) is 0 Å². The number of halogens is 3. The van der Waals surface area contributed by atoms with Gasteiger partial charge in [-0.05, 0) is 24.5 Å². The van der Waals surface area contributed by atoms with E-state index in [0.717, 1.165) is 30.2 Å². The molecule has 1 aromatic heterocycles. The van der Waals surface area contributed by atoms with Crippen molar-refractivity contribution < 1.29 is 13.2 Å². The number of benzene rings is 1. The van der Waals surface area contributed by atoms with E-state index in [1.807, 2.05) is 26.0 Å². The third kappa shape index (κ3) is 2.94. The molecule has 4 heteroatoms. The number of thiophene rings is 1. The second kappa shape index (κ2) is 5.53. The molecule has 2 aromatic rings. The van der Waals surface area contributed by atoms with Gasteiger partial charge >= 0.3 is 5.51 Å². The topological polar surface area (TPSA) is 0 Å². The highest BCUT2D eigenvalue weighted by molar-refractivity contribution is 7.38. The smallest absolute Gasteiger partial charge is 0.118 e. The van der Waals surface area contributed by atoms with Gasteiger partial charge in [0.2, 0.25) is 0 Å². The van der Waals surface area contributed by atoms with Gasteiger partial charge < -0.3 is 0 Å². The molecule has 0 aliphatic heterocycles. The van der Waals surface area contributed by atoms with Crippen LogP contribution in [0.15, 0.2) is 24.3 Å². The highest BCUT2D eigenvalue weighted by Gasteiger charge is 2.47. The number of rotatable bonds is 4. The molecule has 0 fully saturated rings. The van der Waals surface area contributed by atoms with E-state index < -0.39 is 16.0 Å². The van der Waals surface area contributed by atoms with E-state index in [1.165, 1.54) is 0 Å². The molecule has 0 nitrogen and oxygen atoms in total. The first kappa shape index (κ1) is 14.4. The van der Waals surface area contributed by atoms with Gasteiger partial charge in [0.1, 0.15) is 0 Å². The van der Waals surface area contributed by atoms with Gasteiger partial charge in [-0.15, -0.1) is 13.2 Å². The van der Waals surface area contributed by atoms with Gasteiger partial charge in [-0.25, -0.2) is 0 Å². The lowest BCUT2D eigenvalue weighted by Crippen LogP contribution is -1.98. The summed E-state index contributed by atoms with van der Waals surface area (Å²) in [6, 6.07) is 7.29. The molecule has 0 radical (unpaired) electrons. The van der Waals surface area contributed by atoms with Crippen molar-refractivity contribution in [1.82, 2.24) is 0 Å². The van der Waals surface area contributed by atoms with Gasteiger partial charge in [0.05, 0.1) is 10.5 Å². The summed E-state index contributed by atoms with van der Waals surface area (Å²) < 4.78 is 40.4. The van der Waals surface area contributed by atoms with E-state index >= 15 is 0 Å². The van der Waals surface area contributed by atoms with Gasteiger partial charge in [0.25, 0.3) is 0 Å². The maximum Gasteiger partial charge on any atom is 0.600 e. The minimum atomic E-state index is -4.16. The van der Waals surface area contributed by atoms with Crippen molar-refractivity contribution in [3.63, 3.8) is 0 Å². The summed E-state index contributed by atoms with van der Waals surface area (Å²) in [4.78, 5) is 0.540. The molecule has 2 rings (SSSR count). The first-order valence-electron chi connectivity index (χ1n) is 6.62. The van der Waals surface area contributed by atoms with Crippen LogP contribution in [0.3, 0.4) is 0 Å². The second-order valence-corrected chi connectivity index (χ2v) is 6.77. The molecule has 1 unspecified atom stereocenters. The molecule has 0 aliphatic carbocycles. The molecule has 0 saturated heterocycles. The zero-order valence-corrected chi connectivity index (χ0v) is 12.0. The molecule has 0 spiro atoms. The molecule has 104 valence electrons. The van der Waals surface area contributed by atoms with Crippen LogP contribution in [0.2, 0.25) is 0 Å². The molecule has 0 amide bonds. The summed E-state index contributed by atoms with van der Waals surface area (Å²) >= 11 is 0. The van der Waals surface area contributed by atoms with Crippen molar-refractivity contribution in [1.29, 1.82) is 0 Å². The van der Waals surface area contributed by atoms with E-state index in [9.17, 15) is 13.2 Å². The van der Waals surface area contributed by atoms with Gasteiger partial charge in [0, 0.05) is 23.9 Å². The molecule has 1 aromatic carbocycles. The second-order valence-electron chi connectivity index (χ2n) is 4.73. The summed E-state index contributed by atoms with van der Waals surface area (Å²) in [7, 11) is -1.71. The first-order chi connectivity index (χ1) is 8.97. The third-order valence-electron chi connectivity index (χ3n) is 3.14. The predicted octanol–water partition coefficient (Wildman–Crippen LogP) is 5.97. The van der Waals surface area contributed by atoms with Crippen LogP contribution in [0.1, 0.15) is 37.1 Å². The Morgan fingerprint density at radius 2 is 1.68 bits per heavy atom. The highest BCUT2D eigenvalue weighted by atomic mass is 32.2. The largest absolute Gasteiger partial charge is 0.600 e. The van der Waals surface area contributed by atoms with Gasteiger partial charge in [0.15, 0.2) is 9.58 Å². The Morgan fingerprint density at radius 3 is 2.26 bits per heavy atom. The number of hydrogen-bond acceptors (Lipinski definition) is 0. The molecule has 0 N–H and O–H groups in total. The van der Waals surface area contributed by atoms with E-state index in [0.29, 0.717) is 16.0 Å². The Kier molecular flexibility index (Phi) is 4.19. The van der Waals surface area contributed by atoms with Crippen LogP contribution in [-0.2, 0) is 18.3 Å². The lowest BCUT2D eigenvalue weighted by molar-refractivity contribution is -0.0867. The Morgan fingerprint density at radius 1 is 1.00 bits per heavy atom. The van der Waals surface area contributed by atoms with Crippen LogP contribution in [0.4, 0.5) is 13.2 Å². The zero-order chi connectivity index (χ0) is 14.0. The van der Waals surface area contributed by atoms with Crippen LogP contribution >= 0.6 is 10.5 Å². The summed E-state index contributed by atoms with van der Waals surface area (Å²) in [5, 5.41) is 0.754. The monoisotopic (exact) mass is 287 g/mol. The summed E-state index contributed by atoms with van der Waals surface area (Å²) in [6.45, 7) is 3.96. The minimum Gasteiger partial charge on any atom is -0.118 e. The van der Waals surface area contributed by atoms with Gasteiger partial charge in [-0.3, -0.25) is 0 Å². The summed E-state index contributed by atoms with van der Waals surface area (Å²) in [5.74, 6) is 0. The molecule has 0 bridgehead atoms. The number of fused-ring (bicyclic) bond motifs is 1. The molecule has 0 saturated carbocycles. The summed E-state index contributed by atoms with van der Waals surface area (Å²) in [6.07, 6.45) is 3.07. The van der Waals surface area contributed by atoms with Crippen molar-refractivity contribution in [3.8, 4) is 0 Å². The fourth-order valence-electron chi connectivity index (χ4n) is 2.39. The van der Waals surface area contributed by atoms with Crippen molar-refractivity contribution in [2.75, 3.05) is 0 Å². The molecule has 0 aliphatic rings. The zero-order valence-electron chi connectivity index (χ0n) is 11.2. The van der Waals surface area contributed by atoms with E-state index in [2.05, 4.69) is 0 Å². The predicted molar refractivity (Wildman–Crippen MR) is 75.7 cm³/mol. The third-order valence-corrected chi connectivity index (χ3v) is 5.25. The lowest BCUT2D eigenvalue weighted by Gasteiger charge is -2.00. The maximum atomic E-state index is 13.3. The average molecular weight is 287 g/mol. The molecule has 1 atom stereocenters. The Hall–Kier alpha value is -1.03. The molecule has 1 heterocycles. The van der Waals surface area contributed by atoms with Crippen molar-refractivity contribution in [2.45, 2.75) is 45.0 Å². The molecular formula is C15H18F3S+. The minimum absolute atomic E-state index is 0.474. The fraction of sp³-hybridized carbons (Fsp3) is 0.467. The van der Waals surface area contributed by atoms with Gasteiger partial charge in [-0.1, -0.05) is 26.3 Å². The Bertz CT molecular complexity index is 567. The Balaban J connectivity index is 2.63. The normalized spacial score (nSPS) is 13.2. The summed E-state index contributed by atoms with van der Waals surface area (Å²) in [5.41, 5.74) is -3.15. The van der Waals surface area contributed by atoms with Crippen molar-refractivity contribution in [3.05, 3.63) is 34.7 Å². The maximum absolute atomic E-state index is 13.3. The molecule has 19 heavy (non-hydrogen) atoms. The van der Waals surface area contributed by atoms with Crippen molar-refractivity contribution >= 4 is 20.6 Å². The van der Waals surface area contributed by atoms with Crippen LogP contribution in [0.5, 0.6) is 0 Å². The fourth-order valence-corrected chi connectivity index (χ4v) is 4.50. The SMILES string of the molecule is CCCc1ccc2cc(CCC)[s+](C(F)(F)F)c2c1. The molecular weight excluding hydrogens is 269 g/mol. The highest BCUT2D eigenvalue weighted by Crippen LogP contribution is 2.51. The van der Waals surface area contributed by atoms with Crippen LogP contribution in [0.25, 0.3) is 10.1 Å². The van der Waals surface area contributed by atoms with Gasteiger partial charge in [-0.2, -0.15) is 0 Å². The number of hydrogen-bond donors (Lipinski definition) is 0. The standard InChI is InChI=1S/C15H18F3S/c1-3-5-11-7-8-12-10-13(6-4-2)19(14(12)9-11)15(16,17)18/h7-10H,3-6H2,1-2H3/q+1. The average Bonchev–Trinajstić information content (AvgIpc) is 2.67. The number of aryl methyl sites for hydroxylation is 2. The first-order valence-corrected chi connectivity index (χ1v) is 7.84. The number of alkyl halides is 3. The van der Waals surface area contributed by atoms with Crippen molar-refractivity contribution in [2.24, 2.45) is 0 Å². The van der Waals surface area contributed by atoms with E-state index in [1.54, 1.807) is 12.1 Å². The lowest BCUT2D eigenvalue weighted by atomic mass is 10.1. The van der Waals surface area contributed by atoms with E-state index in [4.69, 9.17) is 0 Å². The quantitative estimate of drug-likeness (QED) is 0.608.